The van der Waals surface area contributed by atoms with Crippen molar-refractivity contribution in [3.05, 3.63) is 34.4 Å². The van der Waals surface area contributed by atoms with E-state index in [1.54, 1.807) is 0 Å². The van der Waals surface area contributed by atoms with Gasteiger partial charge in [-0.2, -0.15) is 0 Å². The first-order valence-corrected chi connectivity index (χ1v) is 5.59. The summed E-state index contributed by atoms with van der Waals surface area (Å²) >= 11 is 0. The van der Waals surface area contributed by atoms with E-state index in [1.165, 1.54) is 31.2 Å². The minimum atomic E-state index is -1.49. The molecule has 0 N–H and O–H groups in total. The molecule has 0 bridgehead atoms. The Hall–Kier alpha value is -1.76. The van der Waals surface area contributed by atoms with Crippen molar-refractivity contribution >= 4 is 22.5 Å². The lowest BCUT2D eigenvalue weighted by molar-refractivity contribution is -0.384. The van der Waals surface area contributed by atoms with Gasteiger partial charge in [0.2, 0.25) is 0 Å². The third kappa shape index (κ3) is 3.43. The number of hydrogen-bond donors (Lipinski definition) is 0. The lowest BCUT2D eigenvalue weighted by Crippen LogP contribution is -2.06. The molecule has 0 spiro atoms. The largest absolute Gasteiger partial charge is 0.452 e. The van der Waals surface area contributed by atoms with Gasteiger partial charge in [-0.15, -0.1) is 0 Å². The van der Waals surface area contributed by atoms with E-state index in [2.05, 4.69) is 4.74 Å². The molecule has 0 saturated carbocycles. The Kier molecular flexibility index (Phi) is 4.12. The molecule has 0 amide bonds. The second-order valence-electron chi connectivity index (χ2n) is 2.85. The van der Waals surface area contributed by atoms with Crippen molar-refractivity contribution in [2.45, 2.75) is 11.8 Å². The van der Waals surface area contributed by atoms with Gasteiger partial charge in [0.25, 0.3) is 5.69 Å². The number of non-ortho nitro benzene ring substituents is 1. The van der Waals surface area contributed by atoms with Crippen LogP contribution in [-0.4, -0.2) is 21.0 Å². The molecule has 6 nitrogen and oxygen atoms in total. The van der Waals surface area contributed by atoms with Crippen molar-refractivity contribution in [1.29, 1.82) is 0 Å². The van der Waals surface area contributed by atoms with Crippen molar-refractivity contribution in [1.82, 2.24) is 0 Å². The Morgan fingerprint density at radius 2 is 2.00 bits per heavy atom. The molecule has 1 aromatic rings. The standard InChI is InChI=1S/C9H9NO5S/c1-7(11)15-6-16(14)9-4-2-8(3-5-9)10(12)13/h2-5H,6H2,1H3. The molecule has 0 saturated heterocycles. The van der Waals surface area contributed by atoms with Crippen LogP contribution in [0.3, 0.4) is 0 Å². The molecule has 0 aromatic heterocycles. The molecule has 0 aliphatic rings. The van der Waals surface area contributed by atoms with Crippen molar-refractivity contribution < 1.29 is 18.7 Å². The van der Waals surface area contributed by atoms with Gasteiger partial charge in [-0.05, 0) is 12.1 Å². The average molecular weight is 243 g/mol. The first kappa shape index (κ1) is 12.3. The van der Waals surface area contributed by atoms with Crippen LogP contribution in [0.4, 0.5) is 5.69 Å². The van der Waals surface area contributed by atoms with Crippen molar-refractivity contribution in [2.75, 3.05) is 5.94 Å². The number of rotatable bonds is 4. The van der Waals surface area contributed by atoms with Gasteiger partial charge in [0, 0.05) is 24.0 Å². The van der Waals surface area contributed by atoms with Gasteiger partial charge in [0.05, 0.1) is 15.7 Å². The summed E-state index contributed by atoms with van der Waals surface area (Å²) in [6.45, 7) is 1.22. The van der Waals surface area contributed by atoms with Crippen LogP contribution in [0.5, 0.6) is 0 Å². The number of nitro groups is 1. The van der Waals surface area contributed by atoms with E-state index in [0.717, 1.165) is 0 Å². The van der Waals surface area contributed by atoms with Crippen LogP contribution >= 0.6 is 0 Å². The number of benzene rings is 1. The average Bonchev–Trinajstić information content (AvgIpc) is 2.26. The zero-order valence-electron chi connectivity index (χ0n) is 8.41. The van der Waals surface area contributed by atoms with Crippen LogP contribution < -0.4 is 0 Å². The topological polar surface area (TPSA) is 86.5 Å². The Morgan fingerprint density at radius 3 is 2.44 bits per heavy atom. The smallest absolute Gasteiger partial charge is 0.303 e. The summed E-state index contributed by atoms with van der Waals surface area (Å²) in [4.78, 5) is 20.7. The second-order valence-corrected chi connectivity index (χ2v) is 4.25. The third-order valence-electron chi connectivity index (χ3n) is 1.68. The van der Waals surface area contributed by atoms with Crippen molar-refractivity contribution in [2.24, 2.45) is 0 Å². The Bertz CT molecular complexity index is 428. The maximum Gasteiger partial charge on any atom is 0.303 e. The lowest BCUT2D eigenvalue weighted by atomic mass is 10.3. The quantitative estimate of drug-likeness (QED) is 0.451. The number of ether oxygens (including phenoxy) is 1. The fourth-order valence-electron chi connectivity index (χ4n) is 0.924. The summed E-state index contributed by atoms with van der Waals surface area (Å²) in [7, 11) is -1.49. The summed E-state index contributed by atoms with van der Waals surface area (Å²) in [6.07, 6.45) is 0. The lowest BCUT2D eigenvalue weighted by Gasteiger charge is -2.01. The molecule has 0 heterocycles. The van der Waals surface area contributed by atoms with Gasteiger partial charge in [0.1, 0.15) is 0 Å². The highest BCUT2D eigenvalue weighted by atomic mass is 32.2. The first-order valence-electron chi connectivity index (χ1n) is 4.27. The molecule has 1 aromatic carbocycles. The molecular weight excluding hydrogens is 234 g/mol. The minimum Gasteiger partial charge on any atom is -0.452 e. The normalized spacial score (nSPS) is 11.8. The monoisotopic (exact) mass is 243 g/mol. The molecular formula is C9H9NO5S. The zero-order valence-corrected chi connectivity index (χ0v) is 9.23. The highest BCUT2D eigenvalue weighted by Crippen LogP contribution is 2.14. The van der Waals surface area contributed by atoms with E-state index < -0.39 is 21.7 Å². The molecule has 7 heteroatoms. The maximum absolute atomic E-state index is 11.5. The van der Waals surface area contributed by atoms with E-state index in [9.17, 15) is 19.1 Å². The van der Waals surface area contributed by atoms with Crippen LogP contribution in [0.2, 0.25) is 0 Å². The van der Waals surface area contributed by atoms with Gasteiger partial charge in [-0.3, -0.25) is 19.1 Å². The van der Waals surface area contributed by atoms with Crippen LogP contribution in [0.25, 0.3) is 0 Å². The molecule has 1 unspecified atom stereocenters. The summed E-state index contributed by atoms with van der Waals surface area (Å²) in [5.74, 6) is -0.761. The van der Waals surface area contributed by atoms with Crippen molar-refractivity contribution in [3.8, 4) is 0 Å². The van der Waals surface area contributed by atoms with Crippen LogP contribution in [0.15, 0.2) is 29.2 Å². The van der Waals surface area contributed by atoms with E-state index in [0.29, 0.717) is 4.90 Å². The molecule has 0 fully saturated rings. The summed E-state index contributed by atoms with van der Waals surface area (Å²) in [5, 5.41) is 10.4. The minimum absolute atomic E-state index is 0.0757. The van der Waals surface area contributed by atoms with Crippen molar-refractivity contribution in [3.63, 3.8) is 0 Å². The predicted octanol–water partition coefficient (Wildman–Crippen LogP) is 1.22. The van der Waals surface area contributed by atoms with Gasteiger partial charge in [0.15, 0.2) is 5.94 Å². The highest BCUT2D eigenvalue weighted by Gasteiger charge is 2.09. The van der Waals surface area contributed by atoms with E-state index in [4.69, 9.17) is 0 Å². The SMILES string of the molecule is CC(=O)OCS(=O)c1ccc([N+](=O)[O-])cc1. The number of carbonyl (C=O) groups excluding carboxylic acids is 1. The molecule has 1 atom stereocenters. The van der Waals surface area contributed by atoms with Crippen LogP contribution in [0.1, 0.15) is 6.92 Å². The first-order chi connectivity index (χ1) is 7.50. The number of nitrogens with zero attached hydrogens (tertiary/aromatic N) is 1. The van der Waals surface area contributed by atoms with Crippen LogP contribution in [0, 0.1) is 10.1 Å². The molecule has 86 valence electrons. The number of nitro benzene ring substituents is 1. The van der Waals surface area contributed by atoms with E-state index in [1.807, 2.05) is 0 Å². The Balaban J connectivity index is 2.70. The Labute approximate surface area is 93.8 Å². The fraction of sp³-hybridized carbons (Fsp3) is 0.222. The summed E-state index contributed by atoms with van der Waals surface area (Å²) < 4.78 is 16.1. The molecule has 1 rings (SSSR count). The van der Waals surface area contributed by atoms with Crippen LogP contribution in [-0.2, 0) is 20.3 Å². The summed E-state index contributed by atoms with van der Waals surface area (Å²) in [5.41, 5.74) is -0.0757. The fourth-order valence-corrected chi connectivity index (χ4v) is 1.77. The zero-order chi connectivity index (χ0) is 12.1. The van der Waals surface area contributed by atoms with Gasteiger partial charge < -0.3 is 4.74 Å². The van der Waals surface area contributed by atoms with E-state index >= 15 is 0 Å². The number of hydrogen-bond acceptors (Lipinski definition) is 5. The molecule has 0 aliphatic carbocycles. The maximum atomic E-state index is 11.5. The molecule has 16 heavy (non-hydrogen) atoms. The Morgan fingerprint density at radius 1 is 1.44 bits per heavy atom. The van der Waals surface area contributed by atoms with Gasteiger partial charge in [-0.1, -0.05) is 0 Å². The highest BCUT2D eigenvalue weighted by molar-refractivity contribution is 7.84. The number of esters is 1. The van der Waals surface area contributed by atoms with Gasteiger partial charge in [-0.25, -0.2) is 0 Å². The molecule has 0 radical (unpaired) electrons. The summed E-state index contributed by atoms with van der Waals surface area (Å²) in [6, 6.07) is 5.25. The predicted molar refractivity (Wildman–Crippen MR) is 56.1 cm³/mol. The van der Waals surface area contributed by atoms with Gasteiger partial charge >= 0.3 is 5.97 Å². The van der Waals surface area contributed by atoms with E-state index in [-0.39, 0.29) is 11.6 Å². The number of carbonyl (C=O) groups is 1. The molecule has 0 aliphatic heterocycles. The second kappa shape index (κ2) is 5.36. The third-order valence-corrected chi connectivity index (χ3v) is 2.81.